The number of carbonyl (C=O) groups is 1. The molecule has 0 aliphatic heterocycles. The molecule has 1 heterocycles. The van der Waals surface area contributed by atoms with E-state index in [4.69, 9.17) is 9.72 Å². The van der Waals surface area contributed by atoms with E-state index in [1.54, 1.807) is 12.1 Å². The molecule has 0 fully saturated rings. The SMILES string of the molecule is Cc1ccc(C(C)C)c(OCCn2c(CNC(=O)c3ccccc3)nc3ccccc32)c1. The molecule has 5 heteroatoms. The highest BCUT2D eigenvalue weighted by molar-refractivity contribution is 5.94. The summed E-state index contributed by atoms with van der Waals surface area (Å²) in [5.74, 6) is 2.03. The van der Waals surface area contributed by atoms with Gasteiger partial charge in [-0.25, -0.2) is 4.98 Å². The Kier molecular flexibility index (Phi) is 6.55. The summed E-state index contributed by atoms with van der Waals surface area (Å²) in [5, 5.41) is 2.99. The number of imidazole rings is 1. The number of hydrogen-bond donors (Lipinski definition) is 1. The highest BCUT2D eigenvalue weighted by Crippen LogP contribution is 2.27. The molecule has 0 spiro atoms. The first kappa shape index (κ1) is 21.6. The standard InChI is InChI=1S/C27H29N3O2/c1-19(2)22-14-13-20(3)17-25(22)32-16-15-30-24-12-8-7-11-23(24)29-26(30)18-28-27(31)21-9-5-4-6-10-21/h4-14,17,19H,15-16,18H2,1-3H3,(H,28,31). The Hall–Kier alpha value is -3.60. The summed E-state index contributed by atoms with van der Waals surface area (Å²) in [5.41, 5.74) is 4.98. The molecule has 1 aromatic heterocycles. The molecule has 4 rings (SSSR count). The van der Waals surface area contributed by atoms with Crippen molar-refractivity contribution in [1.29, 1.82) is 0 Å². The quantitative estimate of drug-likeness (QED) is 0.405. The van der Waals surface area contributed by atoms with Crippen molar-refractivity contribution in [3.63, 3.8) is 0 Å². The van der Waals surface area contributed by atoms with Crippen molar-refractivity contribution in [2.24, 2.45) is 0 Å². The average Bonchev–Trinajstić information content (AvgIpc) is 3.15. The van der Waals surface area contributed by atoms with E-state index in [1.807, 2.05) is 36.4 Å². The lowest BCUT2D eigenvalue weighted by Crippen LogP contribution is -2.25. The van der Waals surface area contributed by atoms with Crippen molar-refractivity contribution in [2.75, 3.05) is 6.61 Å². The van der Waals surface area contributed by atoms with E-state index in [1.165, 1.54) is 11.1 Å². The van der Waals surface area contributed by atoms with Gasteiger partial charge in [-0.2, -0.15) is 0 Å². The third-order valence-electron chi connectivity index (χ3n) is 5.54. The molecule has 32 heavy (non-hydrogen) atoms. The maximum atomic E-state index is 12.5. The minimum atomic E-state index is -0.109. The van der Waals surface area contributed by atoms with Crippen LogP contribution in [0, 0.1) is 6.92 Å². The number of aromatic nitrogens is 2. The van der Waals surface area contributed by atoms with Crippen LogP contribution in [0.5, 0.6) is 5.75 Å². The maximum Gasteiger partial charge on any atom is 0.251 e. The molecule has 1 N–H and O–H groups in total. The maximum absolute atomic E-state index is 12.5. The van der Waals surface area contributed by atoms with Crippen LogP contribution < -0.4 is 10.1 Å². The van der Waals surface area contributed by atoms with Gasteiger partial charge in [0.05, 0.1) is 24.1 Å². The highest BCUT2D eigenvalue weighted by Gasteiger charge is 2.13. The van der Waals surface area contributed by atoms with Crippen LogP contribution in [0.1, 0.15) is 47.1 Å². The molecule has 0 bridgehead atoms. The second kappa shape index (κ2) is 9.69. The molecule has 0 unspecified atom stereocenters. The Balaban J connectivity index is 1.51. The summed E-state index contributed by atoms with van der Waals surface area (Å²) in [6, 6.07) is 23.6. The lowest BCUT2D eigenvalue weighted by atomic mass is 10.0. The number of carbonyl (C=O) groups excluding carboxylic acids is 1. The Labute approximate surface area is 189 Å². The zero-order valence-electron chi connectivity index (χ0n) is 18.8. The van der Waals surface area contributed by atoms with Crippen LogP contribution in [-0.2, 0) is 13.1 Å². The summed E-state index contributed by atoms with van der Waals surface area (Å²) < 4.78 is 8.35. The van der Waals surface area contributed by atoms with Crippen molar-refractivity contribution < 1.29 is 9.53 Å². The second-order valence-electron chi connectivity index (χ2n) is 8.26. The predicted octanol–water partition coefficient (Wildman–Crippen LogP) is 5.48. The number of aryl methyl sites for hydroxylation is 1. The van der Waals surface area contributed by atoms with Crippen LogP contribution in [0.4, 0.5) is 0 Å². The summed E-state index contributed by atoms with van der Waals surface area (Å²) >= 11 is 0. The third kappa shape index (κ3) is 4.83. The first-order valence-corrected chi connectivity index (χ1v) is 11.0. The van der Waals surface area contributed by atoms with E-state index in [2.05, 4.69) is 54.9 Å². The highest BCUT2D eigenvalue weighted by atomic mass is 16.5. The number of rotatable bonds is 8. The van der Waals surface area contributed by atoms with E-state index in [0.29, 0.717) is 31.2 Å². The first-order valence-electron chi connectivity index (χ1n) is 11.0. The number of para-hydroxylation sites is 2. The van der Waals surface area contributed by atoms with E-state index in [9.17, 15) is 4.79 Å². The predicted molar refractivity (Wildman–Crippen MR) is 128 cm³/mol. The van der Waals surface area contributed by atoms with Crippen LogP contribution in [0.2, 0.25) is 0 Å². The van der Waals surface area contributed by atoms with Gasteiger partial charge in [-0.15, -0.1) is 0 Å². The molecular formula is C27H29N3O2. The van der Waals surface area contributed by atoms with Gasteiger partial charge in [0.25, 0.3) is 5.91 Å². The number of amides is 1. The fourth-order valence-electron chi connectivity index (χ4n) is 3.85. The topological polar surface area (TPSA) is 56.1 Å². The molecule has 1 amide bonds. The summed E-state index contributed by atoms with van der Waals surface area (Å²) in [6.45, 7) is 7.94. The first-order chi connectivity index (χ1) is 15.5. The molecular weight excluding hydrogens is 398 g/mol. The van der Waals surface area contributed by atoms with E-state index < -0.39 is 0 Å². The number of ether oxygens (including phenoxy) is 1. The van der Waals surface area contributed by atoms with Crippen LogP contribution in [0.15, 0.2) is 72.8 Å². The van der Waals surface area contributed by atoms with Crippen molar-refractivity contribution in [3.8, 4) is 5.75 Å². The van der Waals surface area contributed by atoms with E-state index in [-0.39, 0.29) is 5.91 Å². The molecule has 0 aliphatic carbocycles. The molecule has 0 aliphatic rings. The summed E-state index contributed by atoms with van der Waals surface area (Å²) in [4.78, 5) is 17.3. The molecule has 5 nitrogen and oxygen atoms in total. The number of nitrogens with one attached hydrogen (secondary N) is 1. The molecule has 164 valence electrons. The summed E-state index contributed by atoms with van der Waals surface area (Å²) in [7, 11) is 0. The minimum Gasteiger partial charge on any atom is -0.491 e. The van der Waals surface area contributed by atoms with Crippen LogP contribution in [0.25, 0.3) is 11.0 Å². The molecule has 3 aromatic carbocycles. The molecule has 0 radical (unpaired) electrons. The molecule has 0 atom stereocenters. The largest absolute Gasteiger partial charge is 0.491 e. The van der Waals surface area contributed by atoms with Gasteiger partial charge in [0.2, 0.25) is 0 Å². The average molecular weight is 428 g/mol. The Morgan fingerprint density at radius 3 is 2.56 bits per heavy atom. The smallest absolute Gasteiger partial charge is 0.251 e. The van der Waals surface area contributed by atoms with Gasteiger partial charge >= 0.3 is 0 Å². The third-order valence-corrected chi connectivity index (χ3v) is 5.54. The van der Waals surface area contributed by atoms with Gasteiger partial charge in [0, 0.05) is 5.56 Å². The van der Waals surface area contributed by atoms with E-state index >= 15 is 0 Å². The van der Waals surface area contributed by atoms with Gasteiger partial charge in [0.1, 0.15) is 18.2 Å². The van der Waals surface area contributed by atoms with Gasteiger partial charge in [-0.1, -0.05) is 56.3 Å². The van der Waals surface area contributed by atoms with Crippen molar-refractivity contribution in [1.82, 2.24) is 14.9 Å². The number of nitrogens with zero attached hydrogens (tertiary/aromatic N) is 2. The van der Waals surface area contributed by atoms with Crippen LogP contribution in [0.3, 0.4) is 0 Å². The lowest BCUT2D eigenvalue weighted by Gasteiger charge is -2.16. The molecule has 4 aromatic rings. The Morgan fingerprint density at radius 2 is 1.78 bits per heavy atom. The van der Waals surface area contributed by atoms with Crippen molar-refractivity contribution in [2.45, 2.75) is 39.8 Å². The minimum absolute atomic E-state index is 0.109. The Morgan fingerprint density at radius 1 is 1.03 bits per heavy atom. The summed E-state index contributed by atoms with van der Waals surface area (Å²) in [6.07, 6.45) is 0. The van der Waals surface area contributed by atoms with Gasteiger partial charge in [-0.3, -0.25) is 4.79 Å². The molecule has 0 saturated carbocycles. The normalized spacial score (nSPS) is 11.1. The van der Waals surface area contributed by atoms with Crippen molar-refractivity contribution >= 4 is 16.9 Å². The van der Waals surface area contributed by atoms with Crippen molar-refractivity contribution in [3.05, 3.63) is 95.3 Å². The number of fused-ring (bicyclic) bond motifs is 1. The Bertz CT molecular complexity index is 1210. The number of benzene rings is 3. The molecule has 0 saturated heterocycles. The zero-order chi connectivity index (χ0) is 22.5. The van der Waals surface area contributed by atoms with Crippen LogP contribution >= 0.6 is 0 Å². The second-order valence-corrected chi connectivity index (χ2v) is 8.26. The van der Waals surface area contributed by atoms with Gasteiger partial charge in [0.15, 0.2) is 0 Å². The lowest BCUT2D eigenvalue weighted by molar-refractivity contribution is 0.0949. The van der Waals surface area contributed by atoms with E-state index in [0.717, 1.165) is 22.6 Å². The zero-order valence-corrected chi connectivity index (χ0v) is 18.8. The fourth-order valence-corrected chi connectivity index (χ4v) is 3.85. The fraction of sp³-hybridized carbons (Fsp3) is 0.259. The number of hydrogen-bond acceptors (Lipinski definition) is 3. The monoisotopic (exact) mass is 427 g/mol. The van der Waals surface area contributed by atoms with Crippen LogP contribution in [-0.4, -0.2) is 22.1 Å². The van der Waals surface area contributed by atoms with Gasteiger partial charge in [-0.05, 0) is 54.3 Å². The van der Waals surface area contributed by atoms with Gasteiger partial charge < -0.3 is 14.6 Å².